The summed E-state index contributed by atoms with van der Waals surface area (Å²) in [6.07, 6.45) is -2.24. The standard InChI is InChI=1S/C13H8ClF4N5S/c1-2-8-9(15)11(20-5-19-8)24-12-22-21-10-7(14)3-6(4-23(10)12)13(16,17)18/h3-5H,2H2,1H3. The van der Waals surface area contributed by atoms with Crippen LogP contribution in [0.3, 0.4) is 0 Å². The fourth-order valence-corrected chi connectivity index (χ4v) is 3.00. The number of hydrogen-bond donors (Lipinski definition) is 0. The van der Waals surface area contributed by atoms with E-state index in [1.165, 1.54) is 6.33 Å². The predicted molar refractivity (Wildman–Crippen MR) is 78.5 cm³/mol. The molecule has 0 fully saturated rings. The van der Waals surface area contributed by atoms with Crippen LogP contribution in [0.4, 0.5) is 17.6 Å². The zero-order valence-electron chi connectivity index (χ0n) is 12.0. The van der Waals surface area contributed by atoms with Crippen LogP contribution in [-0.4, -0.2) is 24.6 Å². The minimum absolute atomic E-state index is 0.0117. The Morgan fingerprint density at radius 2 is 2.00 bits per heavy atom. The maximum atomic E-state index is 14.2. The van der Waals surface area contributed by atoms with Gasteiger partial charge in [0.1, 0.15) is 11.4 Å². The molecule has 0 saturated carbocycles. The molecule has 0 aliphatic carbocycles. The lowest BCUT2D eigenvalue weighted by Gasteiger charge is -2.09. The van der Waals surface area contributed by atoms with Crippen molar-refractivity contribution in [1.82, 2.24) is 24.6 Å². The van der Waals surface area contributed by atoms with E-state index in [9.17, 15) is 17.6 Å². The number of hydrogen-bond acceptors (Lipinski definition) is 5. The summed E-state index contributed by atoms with van der Waals surface area (Å²) in [7, 11) is 0. The molecule has 0 radical (unpaired) electrons. The summed E-state index contributed by atoms with van der Waals surface area (Å²) in [5.41, 5.74) is -0.716. The van der Waals surface area contributed by atoms with Crippen LogP contribution in [-0.2, 0) is 12.6 Å². The second-order valence-electron chi connectivity index (χ2n) is 4.65. The fraction of sp³-hybridized carbons (Fsp3) is 0.231. The van der Waals surface area contributed by atoms with E-state index in [2.05, 4.69) is 20.2 Å². The SMILES string of the molecule is CCc1ncnc(Sc2nnc3c(Cl)cc(C(F)(F)F)cn23)c1F. The van der Waals surface area contributed by atoms with Gasteiger partial charge in [0, 0.05) is 6.20 Å². The van der Waals surface area contributed by atoms with Crippen LogP contribution in [0.1, 0.15) is 18.2 Å². The van der Waals surface area contributed by atoms with Crippen molar-refractivity contribution in [2.24, 2.45) is 0 Å². The number of aromatic nitrogens is 5. The number of pyridine rings is 1. The second kappa shape index (κ2) is 6.17. The summed E-state index contributed by atoms with van der Waals surface area (Å²) in [6.45, 7) is 1.72. The predicted octanol–water partition coefficient (Wildman–Crippen LogP) is 4.04. The van der Waals surface area contributed by atoms with Crippen molar-refractivity contribution in [3.8, 4) is 0 Å². The molecule has 3 aromatic heterocycles. The Bertz CT molecular complexity index is 911. The molecule has 0 unspecified atom stereocenters. The first kappa shape index (κ1) is 16.9. The van der Waals surface area contributed by atoms with Gasteiger partial charge in [-0.1, -0.05) is 18.5 Å². The number of aryl methyl sites for hydroxylation is 1. The summed E-state index contributed by atoms with van der Waals surface area (Å²) in [4.78, 5) is 7.60. The van der Waals surface area contributed by atoms with Gasteiger partial charge in [-0.3, -0.25) is 4.40 Å². The lowest BCUT2D eigenvalue weighted by Crippen LogP contribution is -2.07. The Balaban J connectivity index is 2.09. The second-order valence-corrected chi connectivity index (χ2v) is 6.01. The van der Waals surface area contributed by atoms with Gasteiger partial charge < -0.3 is 0 Å². The van der Waals surface area contributed by atoms with Gasteiger partial charge in [0.15, 0.2) is 11.5 Å². The fourth-order valence-electron chi connectivity index (χ4n) is 1.95. The molecule has 126 valence electrons. The number of fused-ring (bicyclic) bond motifs is 1. The molecule has 0 amide bonds. The molecule has 0 spiro atoms. The third kappa shape index (κ3) is 3.03. The van der Waals surface area contributed by atoms with Crippen molar-refractivity contribution in [3.05, 3.63) is 40.7 Å². The number of alkyl halides is 3. The molecular weight excluding hydrogens is 370 g/mol. The molecule has 3 rings (SSSR count). The van der Waals surface area contributed by atoms with Crippen LogP contribution in [0.25, 0.3) is 5.65 Å². The van der Waals surface area contributed by atoms with Crippen LogP contribution >= 0.6 is 23.4 Å². The van der Waals surface area contributed by atoms with Crippen molar-refractivity contribution in [3.63, 3.8) is 0 Å². The number of halogens is 5. The molecule has 11 heteroatoms. The minimum Gasteiger partial charge on any atom is -0.275 e. The molecular formula is C13H8ClF4N5S. The molecule has 0 aromatic carbocycles. The molecule has 0 N–H and O–H groups in total. The topological polar surface area (TPSA) is 56.0 Å². The molecule has 0 aliphatic heterocycles. The van der Waals surface area contributed by atoms with E-state index in [0.717, 1.165) is 28.4 Å². The van der Waals surface area contributed by atoms with Crippen LogP contribution in [0.2, 0.25) is 5.02 Å². The molecule has 3 heterocycles. The van der Waals surface area contributed by atoms with Crippen LogP contribution in [0.5, 0.6) is 0 Å². The largest absolute Gasteiger partial charge is 0.417 e. The van der Waals surface area contributed by atoms with E-state index in [4.69, 9.17) is 11.6 Å². The Morgan fingerprint density at radius 3 is 2.67 bits per heavy atom. The zero-order valence-corrected chi connectivity index (χ0v) is 13.5. The van der Waals surface area contributed by atoms with E-state index in [1.54, 1.807) is 6.92 Å². The van der Waals surface area contributed by atoms with Gasteiger partial charge in [-0.2, -0.15) is 13.2 Å². The molecule has 24 heavy (non-hydrogen) atoms. The molecule has 0 bridgehead atoms. The van der Waals surface area contributed by atoms with E-state index in [0.29, 0.717) is 6.42 Å². The smallest absolute Gasteiger partial charge is 0.275 e. The Kier molecular flexibility index (Phi) is 4.35. The molecule has 5 nitrogen and oxygen atoms in total. The van der Waals surface area contributed by atoms with Gasteiger partial charge >= 0.3 is 6.18 Å². The first-order chi connectivity index (χ1) is 11.3. The Hall–Kier alpha value is -1.94. The summed E-state index contributed by atoms with van der Waals surface area (Å²) in [5, 5.41) is 7.26. The third-order valence-corrected chi connectivity index (χ3v) is 4.33. The summed E-state index contributed by atoms with van der Waals surface area (Å²) in [5.74, 6) is -0.639. The average molecular weight is 378 g/mol. The summed E-state index contributed by atoms with van der Waals surface area (Å²) < 4.78 is 54.0. The summed E-state index contributed by atoms with van der Waals surface area (Å²) in [6, 6.07) is 0.764. The molecule has 0 saturated heterocycles. The normalized spacial score (nSPS) is 12.1. The van der Waals surface area contributed by atoms with Crippen molar-refractivity contribution < 1.29 is 17.6 Å². The zero-order chi connectivity index (χ0) is 17.5. The Morgan fingerprint density at radius 1 is 1.25 bits per heavy atom. The van der Waals surface area contributed by atoms with Gasteiger partial charge in [-0.05, 0) is 24.2 Å². The van der Waals surface area contributed by atoms with Crippen molar-refractivity contribution >= 4 is 29.0 Å². The van der Waals surface area contributed by atoms with Gasteiger partial charge in [-0.25, -0.2) is 14.4 Å². The van der Waals surface area contributed by atoms with Crippen molar-refractivity contribution in [2.45, 2.75) is 29.7 Å². The number of rotatable bonds is 3. The Labute approximate surface area is 142 Å². The van der Waals surface area contributed by atoms with Gasteiger partial charge in [-0.15, -0.1) is 10.2 Å². The highest BCUT2D eigenvalue weighted by Crippen LogP contribution is 2.34. The molecule has 0 aliphatic rings. The lowest BCUT2D eigenvalue weighted by molar-refractivity contribution is -0.137. The van der Waals surface area contributed by atoms with E-state index in [-0.39, 0.29) is 26.5 Å². The molecule has 3 aromatic rings. The maximum absolute atomic E-state index is 14.2. The monoisotopic (exact) mass is 377 g/mol. The highest BCUT2D eigenvalue weighted by molar-refractivity contribution is 7.99. The van der Waals surface area contributed by atoms with Crippen molar-refractivity contribution in [1.29, 1.82) is 0 Å². The highest BCUT2D eigenvalue weighted by Gasteiger charge is 2.32. The lowest BCUT2D eigenvalue weighted by atomic mass is 10.3. The van der Waals surface area contributed by atoms with Crippen molar-refractivity contribution in [2.75, 3.05) is 0 Å². The van der Waals surface area contributed by atoms with E-state index >= 15 is 0 Å². The molecule has 0 atom stereocenters. The van der Waals surface area contributed by atoms with E-state index < -0.39 is 17.6 Å². The maximum Gasteiger partial charge on any atom is 0.417 e. The third-order valence-electron chi connectivity index (χ3n) is 3.11. The number of nitrogens with zero attached hydrogens (tertiary/aromatic N) is 5. The van der Waals surface area contributed by atoms with Crippen LogP contribution in [0.15, 0.2) is 28.8 Å². The first-order valence-corrected chi connectivity index (χ1v) is 7.79. The van der Waals surface area contributed by atoms with Gasteiger partial charge in [0.25, 0.3) is 0 Å². The summed E-state index contributed by atoms with van der Waals surface area (Å²) >= 11 is 6.58. The average Bonchev–Trinajstić information content (AvgIpc) is 2.92. The minimum atomic E-state index is -4.58. The van der Waals surface area contributed by atoms with Gasteiger partial charge in [0.05, 0.1) is 16.3 Å². The van der Waals surface area contributed by atoms with E-state index in [1.807, 2.05) is 0 Å². The van der Waals surface area contributed by atoms with Gasteiger partial charge in [0.2, 0.25) is 5.16 Å². The van der Waals surface area contributed by atoms with Crippen LogP contribution in [0, 0.1) is 5.82 Å². The quantitative estimate of drug-likeness (QED) is 0.509. The van der Waals surface area contributed by atoms with Crippen LogP contribution < -0.4 is 0 Å². The first-order valence-electron chi connectivity index (χ1n) is 6.60. The highest BCUT2D eigenvalue weighted by atomic mass is 35.5.